The summed E-state index contributed by atoms with van der Waals surface area (Å²) in [6.07, 6.45) is 0.621. The van der Waals surface area contributed by atoms with Crippen molar-refractivity contribution in [1.82, 2.24) is 20.1 Å². The molecule has 1 aliphatic rings. The molecule has 3 aromatic rings. The van der Waals surface area contributed by atoms with Crippen molar-refractivity contribution in [1.29, 1.82) is 0 Å². The fourth-order valence-corrected chi connectivity index (χ4v) is 3.26. The van der Waals surface area contributed by atoms with Crippen LogP contribution in [-0.4, -0.2) is 26.0 Å². The fraction of sp³-hybridized carbons (Fsp3) is 0.333. The smallest absolute Gasteiger partial charge is 0.292 e. The minimum Gasteiger partial charge on any atom is -0.436 e. The van der Waals surface area contributed by atoms with Gasteiger partial charge in [0.1, 0.15) is 6.04 Å². The quantitative estimate of drug-likeness (QED) is 0.714. The third-order valence-corrected chi connectivity index (χ3v) is 4.43. The molecule has 2 aromatic heterocycles. The van der Waals surface area contributed by atoms with Gasteiger partial charge >= 0.3 is 0 Å². The van der Waals surface area contributed by atoms with E-state index in [4.69, 9.17) is 8.83 Å². The van der Waals surface area contributed by atoms with Gasteiger partial charge in [0.15, 0.2) is 5.89 Å². The van der Waals surface area contributed by atoms with Gasteiger partial charge in [0.05, 0.1) is 5.69 Å². The van der Waals surface area contributed by atoms with Gasteiger partial charge in [0, 0.05) is 26.8 Å². The summed E-state index contributed by atoms with van der Waals surface area (Å²) in [6.45, 7) is 5.70. The average molecular weight is 338 g/mol. The van der Waals surface area contributed by atoms with Gasteiger partial charge in [0.2, 0.25) is 17.5 Å². The maximum absolute atomic E-state index is 13.1. The number of oxazole rings is 1. The first-order valence-electron chi connectivity index (χ1n) is 8.14. The first-order valence-corrected chi connectivity index (χ1v) is 8.14. The van der Waals surface area contributed by atoms with Crippen molar-refractivity contribution in [3.8, 4) is 0 Å². The first kappa shape index (κ1) is 15.6. The highest BCUT2D eigenvalue weighted by atomic mass is 16.4. The van der Waals surface area contributed by atoms with Crippen LogP contribution in [-0.2, 0) is 13.0 Å². The molecule has 1 aliphatic heterocycles. The van der Waals surface area contributed by atoms with Gasteiger partial charge in [-0.2, -0.15) is 0 Å². The van der Waals surface area contributed by atoms with Gasteiger partial charge in [-0.1, -0.05) is 24.3 Å². The monoisotopic (exact) mass is 338 g/mol. The summed E-state index contributed by atoms with van der Waals surface area (Å²) in [5.41, 5.74) is 2.87. The van der Waals surface area contributed by atoms with Gasteiger partial charge in [-0.15, -0.1) is 10.2 Å². The number of carbonyl (C=O) groups is 1. The molecule has 1 aromatic carbocycles. The Kier molecular flexibility index (Phi) is 3.63. The molecule has 0 N–H and O–H groups in total. The van der Waals surface area contributed by atoms with Crippen LogP contribution in [0.5, 0.6) is 0 Å². The zero-order chi connectivity index (χ0) is 17.6. The van der Waals surface area contributed by atoms with Crippen LogP contribution in [0.15, 0.2) is 33.1 Å². The summed E-state index contributed by atoms with van der Waals surface area (Å²) in [4.78, 5) is 19.1. The van der Waals surface area contributed by atoms with E-state index >= 15 is 0 Å². The highest BCUT2D eigenvalue weighted by Crippen LogP contribution is 2.34. The standard InChI is InChI=1S/C18H18N4O3/c1-10-16(24-11(2)19-10)18(23)22-9-14-7-5-4-6-13(14)8-15(22)17-21-20-12(3)25-17/h4-7,15H,8-9H2,1-3H3/t15-/m0/s1. The Hall–Kier alpha value is -2.96. The van der Waals surface area contributed by atoms with E-state index in [-0.39, 0.29) is 17.7 Å². The molecule has 0 saturated carbocycles. The molecule has 0 bridgehead atoms. The number of benzene rings is 1. The molecule has 0 saturated heterocycles. The zero-order valence-electron chi connectivity index (χ0n) is 14.3. The lowest BCUT2D eigenvalue weighted by Crippen LogP contribution is -2.39. The highest BCUT2D eigenvalue weighted by molar-refractivity contribution is 5.92. The van der Waals surface area contributed by atoms with Crippen LogP contribution in [0.25, 0.3) is 0 Å². The maximum Gasteiger partial charge on any atom is 0.292 e. The van der Waals surface area contributed by atoms with Crippen LogP contribution in [0, 0.1) is 20.8 Å². The molecular weight excluding hydrogens is 320 g/mol. The van der Waals surface area contributed by atoms with Crippen LogP contribution >= 0.6 is 0 Å². The molecule has 1 atom stereocenters. The average Bonchev–Trinajstić information content (AvgIpc) is 3.18. The van der Waals surface area contributed by atoms with Gasteiger partial charge in [-0.3, -0.25) is 4.79 Å². The molecule has 0 spiro atoms. The predicted octanol–water partition coefficient (Wildman–Crippen LogP) is 2.92. The Morgan fingerprint density at radius 1 is 1.08 bits per heavy atom. The summed E-state index contributed by atoms with van der Waals surface area (Å²) < 4.78 is 11.2. The van der Waals surface area contributed by atoms with Crippen molar-refractivity contribution in [3.63, 3.8) is 0 Å². The summed E-state index contributed by atoms with van der Waals surface area (Å²) >= 11 is 0. The number of aromatic nitrogens is 3. The van der Waals surface area contributed by atoms with E-state index in [0.717, 1.165) is 5.56 Å². The van der Waals surface area contributed by atoms with Crippen molar-refractivity contribution in [2.24, 2.45) is 0 Å². The summed E-state index contributed by atoms with van der Waals surface area (Å²) in [5.74, 6) is 1.44. The molecule has 4 rings (SSSR count). The van der Waals surface area contributed by atoms with Crippen molar-refractivity contribution < 1.29 is 13.6 Å². The van der Waals surface area contributed by atoms with E-state index in [2.05, 4.69) is 21.2 Å². The number of hydrogen-bond acceptors (Lipinski definition) is 6. The summed E-state index contributed by atoms with van der Waals surface area (Å²) in [7, 11) is 0. The second-order valence-corrected chi connectivity index (χ2v) is 6.23. The van der Waals surface area contributed by atoms with Crippen LogP contribution in [0.3, 0.4) is 0 Å². The second kappa shape index (κ2) is 5.84. The van der Waals surface area contributed by atoms with Crippen LogP contribution < -0.4 is 0 Å². The number of aryl methyl sites for hydroxylation is 3. The Labute approximate surface area is 144 Å². The number of nitrogens with zero attached hydrogens (tertiary/aromatic N) is 4. The molecule has 7 nitrogen and oxygen atoms in total. The summed E-state index contributed by atoms with van der Waals surface area (Å²) in [5, 5.41) is 8.06. The largest absolute Gasteiger partial charge is 0.436 e. The van der Waals surface area contributed by atoms with Crippen molar-refractivity contribution in [3.05, 3.63) is 64.5 Å². The molecular formula is C18H18N4O3. The van der Waals surface area contributed by atoms with Gasteiger partial charge in [0.25, 0.3) is 5.91 Å². The zero-order valence-corrected chi connectivity index (χ0v) is 14.3. The number of amides is 1. The number of fused-ring (bicyclic) bond motifs is 1. The van der Waals surface area contributed by atoms with Crippen molar-refractivity contribution in [2.75, 3.05) is 0 Å². The van der Waals surface area contributed by atoms with E-state index in [0.29, 0.717) is 36.3 Å². The molecule has 0 unspecified atom stereocenters. The minimum absolute atomic E-state index is 0.214. The number of carbonyl (C=O) groups excluding carboxylic acids is 1. The van der Waals surface area contributed by atoms with Gasteiger partial charge < -0.3 is 13.7 Å². The molecule has 0 fully saturated rings. The van der Waals surface area contributed by atoms with E-state index in [1.807, 2.05) is 18.2 Å². The lowest BCUT2D eigenvalue weighted by atomic mass is 9.93. The maximum atomic E-state index is 13.1. The Balaban J connectivity index is 1.77. The second-order valence-electron chi connectivity index (χ2n) is 6.23. The van der Waals surface area contributed by atoms with E-state index in [1.165, 1.54) is 5.56 Å². The fourth-order valence-electron chi connectivity index (χ4n) is 3.26. The lowest BCUT2D eigenvalue weighted by Gasteiger charge is -2.34. The Morgan fingerprint density at radius 3 is 2.48 bits per heavy atom. The minimum atomic E-state index is -0.326. The third kappa shape index (κ3) is 2.71. The molecule has 128 valence electrons. The SMILES string of the molecule is Cc1nnc([C@@H]2Cc3ccccc3CN2C(=O)c2oc(C)nc2C)o1. The molecule has 7 heteroatoms. The van der Waals surface area contributed by atoms with E-state index in [1.54, 1.807) is 25.7 Å². The van der Waals surface area contributed by atoms with Crippen LogP contribution in [0.1, 0.15) is 51.1 Å². The van der Waals surface area contributed by atoms with Crippen molar-refractivity contribution in [2.45, 2.75) is 39.8 Å². The molecule has 3 heterocycles. The van der Waals surface area contributed by atoms with Gasteiger partial charge in [-0.25, -0.2) is 4.98 Å². The number of rotatable bonds is 2. The summed E-state index contributed by atoms with van der Waals surface area (Å²) in [6, 6.07) is 7.74. The topological polar surface area (TPSA) is 85.3 Å². The molecule has 0 radical (unpaired) electrons. The van der Waals surface area contributed by atoms with Crippen LogP contribution in [0.4, 0.5) is 0 Å². The molecule has 0 aliphatic carbocycles. The highest BCUT2D eigenvalue weighted by Gasteiger charge is 2.36. The molecule has 1 amide bonds. The predicted molar refractivity (Wildman–Crippen MR) is 87.8 cm³/mol. The lowest BCUT2D eigenvalue weighted by molar-refractivity contribution is 0.0567. The number of hydrogen-bond donors (Lipinski definition) is 0. The van der Waals surface area contributed by atoms with Crippen molar-refractivity contribution >= 4 is 5.91 Å². The van der Waals surface area contributed by atoms with E-state index < -0.39 is 0 Å². The third-order valence-electron chi connectivity index (χ3n) is 4.43. The Morgan fingerprint density at radius 2 is 1.84 bits per heavy atom. The van der Waals surface area contributed by atoms with Gasteiger partial charge in [-0.05, 0) is 18.1 Å². The normalized spacial score (nSPS) is 16.8. The van der Waals surface area contributed by atoms with Crippen LogP contribution in [0.2, 0.25) is 0 Å². The van der Waals surface area contributed by atoms with E-state index in [9.17, 15) is 4.79 Å². The Bertz CT molecular complexity index is 943. The first-order chi connectivity index (χ1) is 12.0. The molecule has 25 heavy (non-hydrogen) atoms.